The molecule has 0 aromatic heterocycles. The van der Waals surface area contributed by atoms with E-state index in [1.165, 1.54) is 17.5 Å². The van der Waals surface area contributed by atoms with Crippen LogP contribution in [0.5, 0.6) is 0 Å². The van der Waals surface area contributed by atoms with Crippen molar-refractivity contribution in [2.45, 2.75) is 66.0 Å². The topological polar surface area (TPSA) is 15.3 Å². The molecule has 0 aliphatic carbocycles. The van der Waals surface area contributed by atoms with Crippen LogP contribution in [-0.4, -0.2) is 36.1 Å². The van der Waals surface area contributed by atoms with E-state index < -0.39 is 0 Å². The summed E-state index contributed by atoms with van der Waals surface area (Å²) in [4.78, 5) is 2.57. The van der Waals surface area contributed by atoms with Gasteiger partial charge in [-0.25, -0.2) is 0 Å². The molecule has 1 N–H and O–H groups in total. The molecule has 1 unspecified atom stereocenters. The van der Waals surface area contributed by atoms with Gasteiger partial charge in [0.25, 0.3) is 0 Å². The zero-order valence-electron chi connectivity index (χ0n) is 14.9. The average molecular weight is 290 g/mol. The molecule has 0 bridgehead atoms. The van der Waals surface area contributed by atoms with Gasteiger partial charge in [0.05, 0.1) is 0 Å². The van der Waals surface area contributed by atoms with Crippen LogP contribution in [0.3, 0.4) is 0 Å². The maximum absolute atomic E-state index is 3.79. The van der Waals surface area contributed by atoms with Crippen molar-refractivity contribution in [2.24, 2.45) is 0 Å². The maximum Gasteiger partial charge on any atom is 0.0309 e. The lowest BCUT2D eigenvalue weighted by Crippen LogP contribution is -2.58. The van der Waals surface area contributed by atoms with Crippen LogP contribution in [0.15, 0.2) is 24.3 Å². The molecule has 21 heavy (non-hydrogen) atoms. The molecule has 0 saturated heterocycles. The number of rotatable bonds is 9. The first-order valence-corrected chi connectivity index (χ1v) is 8.49. The van der Waals surface area contributed by atoms with Gasteiger partial charge in [-0.15, -0.1) is 0 Å². The number of hydrogen-bond acceptors (Lipinski definition) is 2. The summed E-state index contributed by atoms with van der Waals surface area (Å²) in [5.41, 5.74) is 2.94. The van der Waals surface area contributed by atoms with E-state index in [2.05, 4.69) is 76.0 Å². The molecule has 0 amide bonds. The zero-order valence-corrected chi connectivity index (χ0v) is 14.9. The van der Waals surface area contributed by atoms with E-state index in [0.717, 1.165) is 26.1 Å². The van der Waals surface area contributed by atoms with Crippen molar-refractivity contribution in [3.05, 3.63) is 35.4 Å². The van der Waals surface area contributed by atoms with E-state index in [9.17, 15) is 0 Å². The summed E-state index contributed by atoms with van der Waals surface area (Å²) in [7, 11) is 0. The maximum atomic E-state index is 3.79. The van der Waals surface area contributed by atoms with Crippen LogP contribution in [0.4, 0.5) is 0 Å². The largest absolute Gasteiger partial charge is 0.312 e. The first kappa shape index (κ1) is 18.2. The second kappa shape index (κ2) is 8.55. The molecule has 1 rings (SSSR count). The van der Waals surface area contributed by atoms with Gasteiger partial charge < -0.3 is 5.32 Å². The molecule has 0 saturated carbocycles. The van der Waals surface area contributed by atoms with Crippen LogP contribution in [0, 0.1) is 6.92 Å². The third-order valence-corrected chi connectivity index (χ3v) is 4.59. The molecular weight excluding hydrogens is 256 g/mol. The summed E-state index contributed by atoms with van der Waals surface area (Å²) in [6.45, 7) is 17.0. The fourth-order valence-electron chi connectivity index (χ4n) is 3.22. The number of hydrogen-bond donors (Lipinski definition) is 1. The van der Waals surface area contributed by atoms with Gasteiger partial charge in [-0.3, -0.25) is 4.90 Å². The van der Waals surface area contributed by atoms with Gasteiger partial charge in [0.15, 0.2) is 0 Å². The Morgan fingerprint density at radius 1 is 1.14 bits per heavy atom. The zero-order chi connectivity index (χ0) is 15.9. The Kier molecular flexibility index (Phi) is 7.41. The van der Waals surface area contributed by atoms with Gasteiger partial charge in [0.1, 0.15) is 0 Å². The lowest BCUT2D eigenvalue weighted by Gasteiger charge is -2.44. The van der Waals surface area contributed by atoms with Crippen LogP contribution < -0.4 is 5.32 Å². The highest BCUT2D eigenvalue weighted by molar-refractivity contribution is 5.23. The molecule has 0 heterocycles. The number of aryl methyl sites for hydroxylation is 1. The minimum absolute atomic E-state index is 0.155. The summed E-state index contributed by atoms with van der Waals surface area (Å²) in [6, 6.07) is 9.39. The minimum atomic E-state index is 0.155. The Morgan fingerprint density at radius 3 is 2.33 bits per heavy atom. The molecule has 2 nitrogen and oxygen atoms in total. The Bertz CT molecular complexity index is 408. The fourth-order valence-corrected chi connectivity index (χ4v) is 3.22. The van der Waals surface area contributed by atoms with Gasteiger partial charge >= 0.3 is 0 Å². The summed E-state index contributed by atoms with van der Waals surface area (Å²) < 4.78 is 0. The minimum Gasteiger partial charge on any atom is -0.312 e. The molecule has 1 atom stereocenters. The monoisotopic (exact) mass is 290 g/mol. The second-order valence-corrected chi connectivity index (χ2v) is 6.53. The highest BCUT2D eigenvalue weighted by atomic mass is 15.2. The van der Waals surface area contributed by atoms with Gasteiger partial charge in [-0.1, -0.05) is 50.6 Å². The van der Waals surface area contributed by atoms with Crippen molar-refractivity contribution in [1.29, 1.82) is 0 Å². The van der Waals surface area contributed by atoms with Crippen LogP contribution in [0.25, 0.3) is 0 Å². The van der Waals surface area contributed by atoms with Crippen molar-refractivity contribution in [2.75, 3.05) is 19.6 Å². The second-order valence-electron chi connectivity index (χ2n) is 6.53. The Hall–Kier alpha value is -0.860. The van der Waals surface area contributed by atoms with Gasteiger partial charge in [-0.05, 0) is 58.8 Å². The van der Waals surface area contributed by atoms with Crippen molar-refractivity contribution in [1.82, 2.24) is 10.2 Å². The van der Waals surface area contributed by atoms with E-state index in [0.29, 0.717) is 6.04 Å². The Balaban J connectivity index is 2.93. The summed E-state index contributed by atoms with van der Waals surface area (Å²) in [5, 5.41) is 3.79. The smallest absolute Gasteiger partial charge is 0.0309 e. The van der Waals surface area contributed by atoms with Crippen molar-refractivity contribution in [3.63, 3.8) is 0 Å². The first-order valence-electron chi connectivity index (χ1n) is 8.49. The number of nitrogens with one attached hydrogen (secondary N) is 1. The molecule has 0 spiro atoms. The van der Waals surface area contributed by atoms with Crippen LogP contribution in [0.1, 0.15) is 52.2 Å². The fraction of sp³-hybridized carbons (Fsp3) is 0.684. The number of benzene rings is 1. The third kappa shape index (κ3) is 5.12. The van der Waals surface area contributed by atoms with E-state index in [1.807, 2.05) is 0 Å². The quantitative estimate of drug-likeness (QED) is 0.739. The van der Waals surface area contributed by atoms with Crippen molar-refractivity contribution < 1.29 is 0 Å². The molecule has 1 aromatic carbocycles. The van der Waals surface area contributed by atoms with Crippen LogP contribution in [0.2, 0.25) is 0 Å². The van der Waals surface area contributed by atoms with Gasteiger partial charge in [0.2, 0.25) is 0 Å². The predicted octanol–water partition coefficient (Wildman–Crippen LogP) is 4.03. The van der Waals surface area contributed by atoms with E-state index in [1.54, 1.807) is 0 Å². The van der Waals surface area contributed by atoms with Crippen molar-refractivity contribution >= 4 is 0 Å². The third-order valence-electron chi connectivity index (χ3n) is 4.59. The molecule has 0 aliphatic heterocycles. The molecule has 1 aromatic rings. The SMILES string of the molecule is CCCNC(Cc1cccc(C)c1)C(C)(C)N(CC)CC. The lowest BCUT2D eigenvalue weighted by molar-refractivity contribution is 0.0911. The average Bonchev–Trinajstić information content (AvgIpc) is 2.44. The Morgan fingerprint density at radius 2 is 1.81 bits per heavy atom. The normalized spacial score (nSPS) is 13.7. The Labute approximate surface area is 131 Å². The van der Waals surface area contributed by atoms with Gasteiger partial charge in [-0.2, -0.15) is 0 Å². The lowest BCUT2D eigenvalue weighted by atomic mass is 9.87. The molecule has 120 valence electrons. The van der Waals surface area contributed by atoms with Crippen LogP contribution >= 0.6 is 0 Å². The highest BCUT2D eigenvalue weighted by Crippen LogP contribution is 2.22. The van der Waals surface area contributed by atoms with Crippen LogP contribution in [-0.2, 0) is 6.42 Å². The van der Waals surface area contributed by atoms with Crippen molar-refractivity contribution in [3.8, 4) is 0 Å². The molecule has 2 heteroatoms. The number of likely N-dealkylation sites (N-methyl/N-ethyl adjacent to an activating group) is 1. The predicted molar refractivity (Wildman–Crippen MR) is 94.0 cm³/mol. The standard InChI is InChI=1S/C19H34N2/c1-7-13-20-18(19(5,6)21(8-2)9-3)15-17-12-10-11-16(4)14-17/h10-12,14,18,20H,7-9,13,15H2,1-6H3. The molecular formula is C19H34N2. The van der Waals surface area contributed by atoms with E-state index in [-0.39, 0.29) is 5.54 Å². The summed E-state index contributed by atoms with van der Waals surface area (Å²) >= 11 is 0. The molecule has 0 aliphatic rings. The number of nitrogens with zero attached hydrogens (tertiary/aromatic N) is 1. The molecule has 0 radical (unpaired) electrons. The van der Waals surface area contributed by atoms with E-state index >= 15 is 0 Å². The summed E-state index contributed by atoms with van der Waals surface area (Å²) in [6.07, 6.45) is 2.27. The molecule has 0 fully saturated rings. The first-order chi connectivity index (χ1) is 9.95. The van der Waals surface area contributed by atoms with Gasteiger partial charge in [0, 0.05) is 11.6 Å². The summed E-state index contributed by atoms with van der Waals surface area (Å²) in [5.74, 6) is 0. The van der Waals surface area contributed by atoms with E-state index in [4.69, 9.17) is 0 Å². The highest BCUT2D eigenvalue weighted by Gasteiger charge is 2.33.